The summed E-state index contributed by atoms with van der Waals surface area (Å²) in [5.74, 6) is 1.11. The van der Waals surface area contributed by atoms with Crippen LogP contribution in [0.1, 0.15) is 10.5 Å². The second kappa shape index (κ2) is 11.7. The molecule has 1 radical (unpaired) electrons. The Kier molecular flexibility index (Phi) is 9.64. The molecule has 0 amide bonds. The molecule has 149 valence electrons. The van der Waals surface area contributed by atoms with Crippen LogP contribution in [-0.2, 0) is 20.1 Å². The molecule has 2 aromatic heterocycles. The third kappa shape index (κ3) is 6.33. The minimum Gasteiger partial charge on any atom is -0.540 e. The van der Waals surface area contributed by atoms with Gasteiger partial charge in [-0.3, -0.25) is 0 Å². The third-order valence-corrected chi connectivity index (χ3v) is 3.44. The number of carboxylic acids is 1. The Hall–Kier alpha value is -2.96. The topological polar surface area (TPSA) is 90.8 Å². The molecule has 0 bridgehead atoms. The molecule has 0 saturated carbocycles. The van der Waals surface area contributed by atoms with E-state index in [-0.39, 0.29) is 25.8 Å². The van der Waals surface area contributed by atoms with Crippen LogP contribution in [0.5, 0.6) is 17.2 Å². The molecule has 0 aliphatic rings. The summed E-state index contributed by atoms with van der Waals surface area (Å²) in [6, 6.07) is 15.0. The molecule has 8 heteroatoms. The van der Waals surface area contributed by atoms with Crippen molar-refractivity contribution in [2.24, 2.45) is 0 Å². The predicted octanol–water partition coefficient (Wildman–Crippen LogP) is 3.35. The van der Waals surface area contributed by atoms with E-state index < -0.39 is 5.97 Å². The van der Waals surface area contributed by atoms with E-state index >= 15 is 0 Å². The molecule has 7 nitrogen and oxygen atoms in total. The first-order valence-electron chi connectivity index (χ1n) is 7.87. The second-order valence-corrected chi connectivity index (χ2v) is 5.08. The molecule has 3 rings (SSSR count). The van der Waals surface area contributed by atoms with Crippen molar-refractivity contribution < 1.29 is 44.2 Å². The van der Waals surface area contributed by atoms with Crippen molar-refractivity contribution in [2.45, 2.75) is 0 Å². The van der Waals surface area contributed by atoms with Gasteiger partial charge in [-0.25, -0.2) is 9.78 Å². The van der Waals surface area contributed by atoms with Crippen LogP contribution < -0.4 is 14.2 Å². The van der Waals surface area contributed by atoms with Crippen molar-refractivity contribution in [1.29, 1.82) is 0 Å². The van der Waals surface area contributed by atoms with Gasteiger partial charge in [-0.2, -0.15) is 0 Å². The first-order chi connectivity index (χ1) is 13.1. The summed E-state index contributed by atoms with van der Waals surface area (Å²) in [6.07, 6.45) is 3.13. The zero-order valence-corrected chi connectivity index (χ0v) is 17.9. The summed E-state index contributed by atoms with van der Waals surface area (Å²) < 4.78 is 15.6. The Bertz CT molecular complexity index is 891. The Balaban J connectivity index is 0.000000332. The molecule has 0 spiro atoms. The molecule has 0 atom stereocenters. The van der Waals surface area contributed by atoms with Crippen LogP contribution in [0.3, 0.4) is 0 Å². The van der Waals surface area contributed by atoms with Crippen LogP contribution in [0, 0.1) is 6.07 Å². The summed E-state index contributed by atoms with van der Waals surface area (Å²) in [6.45, 7) is 0. The van der Waals surface area contributed by atoms with Crippen molar-refractivity contribution >= 4 is 5.97 Å². The fraction of sp³-hybridized carbons (Fsp3) is 0.150. The number of nitrogens with zero attached hydrogens (tertiary/aromatic N) is 2. The number of methoxy groups -OCH3 is 3. The van der Waals surface area contributed by atoms with E-state index in [0.29, 0.717) is 11.5 Å². The average molecular weight is 560 g/mol. The average Bonchev–Trinajstić information content (AvgIpc) is 2.74. The first kappa shape index (κ1) is 23.1. The molecule has 0 aliphatic carbocycles. The zero-order chi connectivity index (χ0) is 19.6. The molecule has 2 heterocycles. The summed E-state index contributed by atoms with van der Waals surface area (Å²) in [5.41, 5.74) is 1.60. The van der Waals surface area contributed by atoms with Crippen LogP contribution in [-0.4, -0.2) is 42.4 Å². The fourth-order valence-electron chi connectivity index (χ4n) is 2.10. The van der Waals surface area contributed by atoms with Gasteiger partial charge < -0.3 is 24.3 Å². The summed E-state index contributed by atoms with van der Waals surface area (Å²) >= 11 is 0. The molecule has 1 N–H and O–H groups in total. The van der Waals surface area contributed by atoms with Crippen molar-refractivity contribution in [2.75, 3.05) is 21.3 Å². The summed E-state index contributed by atoms with van der Waals surface area (Å²) in [4.78, 5) is 18.0. The molecule has 0 aliphatic heterocycles. The van der Waals surface area contributed by atoms with Crippen molar-refractivity contribution in [3.63, 3.8) is 0 Å². The van der Waals surface area contributed by atoms with Gasteiger partial charge in [0.1, 0.15) is 11.4 Å². The van der Waals surface area contributed by atoms with Crippen molar-refractivity contribution in [1.82, 2.24) is 9.97 Å². The van der Waals surface area contributed by atoms with Gasteiger partial charge in [-0.05, 0) is 30.0 Å². The van der Waals surface area contributed by atoms with Crippen LogP contribution in [0.15, 0.2) is 54.9 Å². The Morgan fingerprint density at radius 3 is 2.25 bits per heavy atom. The van der Waals surface area contributed by atoms with E-state index in [4.69, 9.17) is 19.3 Å². The normalized spacial score (nSPS) is 9.25. The number of aromatic carboxylic acids is 1. The number of carbonyl (C=O) groups is 1. The van der Waals surface area contributed by atoms with Gasteiger partial charge in [-0.1, -0.05) is 17.7 Å². The number of hydrogen-bond acceptors (Lipinski definition) is 6. The number of aromatic nitrogens is 2. The van der Waals surface area contributed by atoms with Crippen LogP contribution >= 0.6 is 0 Å². The van der Waals surface area contributed by atoms with E-state index in [0.717, 1.165) is 17.0 Å². The standard InChI is InChI=1S/C14H14NO3.C6H5NO2.Ir/c1-16-10-4-5-12(14(9-10)18-3)13-8-11(17-2)6-7-15-13;8-6(9)5-3-1-2-4-7-5;/h4,6-9H,1-3H3;1-4H,(H,8,9);/q-1;;. The largest absolute Gasteiger partial charge is 0.540 e. The summed E-state index contributed by atoms with van der Waals surface area (Å²) in [5, 5.41) is 8.32. The van der Waals surface area contributed by atoms with Gasteiger partial charge in [0.05, 0.1) is 21.3 Å². The molecule has 0 saturated heterocycles. The Morgan fingerprint density at radius 1 is 0.964 bits per heavy atom. The van der Waals surface area contributed by atoms with E-state index in [9.17, 15) is 4.79 Å². The van der Waals surface area contributed by atoms with Crippen LogP contribution in [0.25, 0.3) is 11.3 Å². The first-order valence-corrected chi connectivity index (χ1v) is 7.87. The van der Waals surface area contributed by atoms with Gasteiger partial charge in [-0.15, -0.1) is 12.1 Å². The molecule has 0 unspecified atom stereocenters. The van der Waals surface area contributed by atoms with Crippen molar-refractivity contribution in [3.8, 4) is 28.5 Å². The number of pyridine rings is 2. The van der Waals surface area contributed by atoms with E-state index in [1.165, 1.54) is 12.3 Å². The SMILES string of the molecule is COc1ccnc(-c2[c-]cc(OC)cc2OC)c1.O=C(O)c1ccccn1.[Ir]. The monoisotopic (exact) mass is 560 g/mol. The fourth-order valence-corrected chi connectivity index (χ4v) is 2.10. The molecule has 3 aromatic rings. The van der Waals surface area contributed by atoms with Gasteiger partial charge >= 0.3 is 5.97 Å². The van der Waals surface area contributed by atoms with Gasteiger partial charge in [0.2, 0.25) is 0 Å². The van der Waals surface area contributed by atoms with E-state index in [1.54, 1.807) is 57.9 Å². The van der Waals surface area contributed by atoms with Crippen LogP contribution in [0.2, 0.25) is 0 Å². The Labute approximate surface area is 176 Å². The Morgan fingerprint density at radius 2 is 1.71 bits per heavy atom. The molecular formula is C20H19IrN2O5-. The number of hydrogen-bond donors (Lipinski definition) is 1. The second-order valence-electron chi connectivity index (χ2n) is 5.08. The van der Waals surface area contributed by atoms with Crippen molar-refractivity contribution in [3.05, 3.63) is 66.6 Å². The quantitative estimate of drug-likeness (QED) is 0.480. The molecule has 28 heavy (non-hydrogen) atoms. The smallest absolute Gasteiger partial charge is 0.354 e. The number of carboxylic acid groups (broad SMARTS) is 1. The van der Waals surface area contributed by atoms with E-state index in [1.807, 2.05) is 6.07 Å². The third-order valence-electron chi connectivity index (χ3n) is 3.44. The minimum absolute atomic E-state index is 0. The zero-order valence-electron chi connectivity index (χ0n) is 15.5. The maximum Gasteiger partial charge on any atom is 0.354 e. The van der Waals surface area contributed by atoms with E-state index in [2.05, 4.69) is 16.0 Å². The molecular weight excluding hydrogens is 540 g/mol. The van der Waals surface area contributed by atoms with Crippen LogP contribution in [0.4, 0.5) is 0 Å². The number of benzene rings is 1. The minimum atomic E-state index is -0.990. The predicted molar refractivity (Wildman–Crippen MR) is 99.4 cm³/mol. The molecule has 0 fully saturated rings. The summed E-state index contributed by atoms with van der Waals surface area (Å²) in [7, 11) is 4.83. The van der Waals surface area contributed by atoms with Gasteiger partial charge in [0, 0.05) is 44.0 Å². The number of ether oxygens (including phenoxy) is 3. The maximum absolute atomic E-state index is 10.1. The maximum atomic E-state index is 10.1. The number of rotatable bonds is 5. The van der Waals surface area contributed by atoms with Gasteiger partial charge in [0.15, 0.2) is 0 Å². The van der Waals surface area contributed by atoms with Gasteiger partial charge in [0.25, 0.3) is 0 Å². The molecule has 1 aromatic carbocycles.